The third-order valence-electron chi connectivity index (χ3n) is 5.46. The van der Waals surface area contributed by atoms with E-state index in [0.29, 0.717) is 6.42 Å². The standard InChI is InChI=1S/C24H45NO3.Na.H/c1-4-6-7-8-9-10-11-12-13-14-15-16-17-18-19-20-22(26)25-23(24(27)28)21(3)5-2;;/h12-13,21,23H,4-11,14-20H2,1-3H3,(H,25,26)(H,27,28);;/q;+1;-1/b13-12-;;. The molecular formula is C24H46NNaO3. The Kier molecular flexibility index (Phi) is 23.8. The van der Waals surface area contributed by atoms with Crippen LogP contribution in [-0.2, 0) is 9.59 Å². The van der Waals surface area contributed by atoms with Gasteiger partial charge in [0, 0.05) is 6.42 Å². The summed E-state index contributed by atoms with van der Waals surface area (Å²) in [5, 5.41) is 11.9. The van der Waals surface area contributed by atoms with E-state index in [0.717, 1.165) is 32.1 Å². The fourth-order valence-electron chi connectivity index (χ4n) is 3.28. The van der Waals surface area contributed by atoms with E-state index in [1.165, 1.54) is 57.8 Å². The molecule has 5 heteroatoms. The zero-order valence-electron chi connectivity index (χ0n) is 20.7. The van der Waals surface area contributed by atoms with Crippen molar-refractivity contribution in [2.75, 3.05) is 0 Å². The fraction of sp³-hybridized carbons (Fsp3) is 0.833. The van der Waals surface area contributed by atoms with Crippen LogP contribution >= 0.6 is 0 Å². The average Bonchev–Trinajstić information content (AvgIpc) is 2.68. The largest absolute Gasteiger partial charge is 1.00 e. The van der Waals surface area contributed by atoms with Crippen LogP contribution in [0, 0.1) is 5.92 Å². The molecule has 1 amide bonds. The van der Waals surface area contributed by atoms with Gasteiger partial charge >= 0.3 is 35.5 Å². The van der Waals surface area contributed by atoms with E-state index in [4.69, 9.17) is 0 Å². The number of carbonyl (C=O) groups is 2. The van der Waals surface area contributed by atoms with Gasteiger partial charge in [0.25, 0.3) is 0 Å². The van der Waals surface area contributed by atoms with E-state index in [1.807, 2.05) is 13.8 Å². The third-order valence-corrected chi connectivity index (χ3v) is 5.46. The van der Waals surface area contributed by atoms with E-state index in [1.54, 1.807) is 0 Å². The molecule has 0 aromatic carbocycles. The molecule has 0 radical (unpaired) electrons. The maximum Gasteiger partial charge on any atom is 1.00 e. The van der Waals surface area contributed by atoms with E-state index in [-0.39, 0.29) is 42.8 Å². The van der Waals surface area contributed by atoms with Crippen molar-refractivity contribution in [2.24, 2.45) is 5.92 Å². The molecule has 0 heterocycles. The van der Waals surface area contributed by atoms with Crippen molar-refractivity contribution in [1.29, 1.82) is 0 Å². The average molecular weight is 420 g/mol. The van der Waals surface area contributed by atoms with E-state index in [2.05, 4.69) is 24.4 Å². The van der Waals surface area contributed by atoms with Crippen molar-refractivity contribution >= 4 is 11.9 Å². The zero-order valence-corrected chi connectivity index (χ0v) is 21.7. The molecule has 0 bridgehead atoms. The van der Waals surface area contributed by atoms with Gasteiger partial charge in [-0.2, -0.15) is 0 Å². The normalized spacial score (nSPS) is 13.1. The number of aliphatic carboxylic acids is 1. The van der Waals surface area contributed by atoms with Gasteiger partial charge in [-0.3, -0.25) is 4.79 Å². The first-order valence-electron chi connectivity index (χ1n) is 11.7. The number of hydrogen-bond donors (Lipinski definition) is 2. The van der Waals surface area contributed by atoms with Gasteiger partial charge in [-0.15, -0.1) is 0 Å². The Bertz CT molecular complexity index is 433. The molecule has 0 aliphatic rings. The van der Waals surface area contributed by atoms with Crippen molar-refractivity contribution in [3.05, 3.63) is 12.2 Å². The number of carboxylic acids is 1. The maximum absolute atomic E-state index is 11.9. The van der Waals surface area contributed by atoms with Crippen molar-refractivity contribution in [3.63, 3.8) is 0 Å². The minimum Gasteiger partial charge on any atom is -1.00 e. The first-order valence-corrected chi connectivity index (χ1v) is 11.7. The predicted octanol–water partition coefficient (Wildman–Crippen LogP) is 3.76. The van der Waals surface area contributed by atoms with Gasteiger partial charge in [0.05, 0.1) is 0 Å². The molecule has 0 aliphatic carbocycles. The van der Waals surface area contributed by atoms with Gasteiger partial charge < -0.3 is 11.8 Å². The second-order valence-corrected chi connectivity index (χ2v) is 8.10. The van der Waals surface area contributed by atoms with E-state index >= 15 is 0 Å². The molecule has 2 N–H and O–H groups in total. The number of hydrogen-bond acceptors (Lipinski definition) is 2. The smallest absolute Gasteiger partial charge is 1.00 e. The second-order valence-electron chi connectivity index (χ2n) is 8.10. The Balaban J connectivity index is -0.00000364. The van der Waals surface area contributed by atoms with Crippen LogP contribution in [0.4, 0.5) is 0 Å². The molecule has 0 spiro atoms. The summed E-state index contributed by atoms with van der Waals surface area (Å²) in [6, 6.07) is -0.763. The van der Waals surface area contributed by atoms with Gasteiger partial charge in [-0.25, -0.2) is 4.79 Å². The molecule has 0 saturated heterocycles. The Hall–Kier alpha value is -0.320. The van der Waals surface area contributed by atoms with Crippen LogP contribution < -0.4 is 34.9 Å². The Morgan fingerprint density at radius 1 is 0.862 bits per heavy atom. The van der Waals surface area contributed by atoms with Crippen LogP contribution in [0.5, 0.6) is 0 Å². The number of amides is 1. The molecule has 0 fully saturated rings. The summed E-state index contributed by atoms with van der Waals surface area (Å²) in [5.41, 5.74) is 0. The number of carbonyl (C=O) groups excluding carboxylic acids is 1. The van der Waals surface area contributed by atoms with Crippen molar-refractivity contribution in [3.8, 4) is 0 Å². The van der Waals surface area contributed by atoms with Crippen LogP contribution in [0.3, 0.4) is 0 Å². The molecule has 166 valence electrons. The molecular weight excluding hydrogens is 373 g/mol. The summed E-state index contributed by atoms with van der Waals surface area (Å²) in [5.74, 6) is -1.12. The molecule has 0 aliphatic heterocycles. The molecule has 0 aromatic heterocycles. The van der Waals surface area contributed by atoms with Gasteiger partial charge in [0.1, 0.15) is 6.04 Å². The van der Waals surface area contributed by atoms with E-state index < -0.39 is 12.0 Å². The van der Waals surface area contributed by atoms with Gasteiger partial charge in [0.2, 0.25) is 5.91 Å². The number of rotatable bonds is 19. The molecule has 0 saturated carbocycles. The van der Waals surface area contributed by atoms with Crippen LogP contribution in [-0.4, -0.2) is 23.0 Å². The van der Waals surface area contributed by atoms with Gasteiger partial charge in [-0.1, -0.05) is 90.7 Å². The zero-order chi connectivity index (χ0) is 21.0. The molecule has 0 aromatic rings. The number of nitrogens with one attached hydrogen (secondary N) is 1. The molecule has 0 rings (SSSR count). The quantitative estimate of drug-likeness (QED) is 0.190. The van der Waals surface area contributed by atoms with Crippen LogP contribution in [0.2, 0.25) is 0 Å². The fourth-order valence-corrected chi connectivity index (χ4v) is 3.28. The predicted molar refractivity (Wildman–Crippen MR) is 120 cm³/mol. The van der Waals surface area contributed by atoms with Crippen LogP contribution in [0.1, 0.15) is 119 Å². The van der Waals surface area contributed by atoms with Gasteiger partial charge in [-0.05, 0) is 38.0 Å². The monoisotopic (exact) mass is 419 g/mol. The first-order chi connectivity index (χ1) is 13.5. The molecule has 4 nitrogen and oxygen atoms in total. The van der Waals surface area contributed by atoms with Crippen LogP contribution in [0.25, 0.3) is 0 Å². The second kappa shape index (κ2) is 22.4. The third kappa shape index (κ3) is 19.4. The molecule has 2 unspecified atom stereocenters. The minimum atomic E-state index is -0.938. The van der Waals surface area contributed by atoms with E-state index in [9.17, 15) is 14.7 Å². The number of allylic oxidation sites excluding steroid dienone is 2. The summed E-state index contributed by atoms with van der Waals surface area (Å²) in [7, 11) is 0. The Morgan fingerprint density at radius 3 is 1.83 bits per heavy atom. The van der Waals surface area contributed by atoms with Crippen molar-refractivity contribution in [1.82, 2.24) is 5.32 Å². The Labute approximate surface area is 203 Å². The molecule has 2 atom stereocenters. The summed E-state index contributed by atoms with van der Waals surface area (Å²) in [6.45, 7) is 6.06. The maximum atomic E-state index is 11.9. The minimum absolute atomic E-state index is 0. The topological polar surface area (TPSA) is 66.4 Å². The van der Waals surface area contributed by atoms with Gasteiger partial charge in [0.15, 0.2) is 0 Å². The summed E-state index contributed by atoms with van der Waals surface area (Å²) in [6.07, 6.45) is 21.8. The first kappa shape index (κ1) is 30.9. The van der Waals surface area contributed by atoms with Crippen molar-refractivity contribution < 1.29 is 45.7 Å². The summed E-state index contributed by atoms with van der Waals surface area (Å²) < 4.78 is 0. The Morgan fingerprint density at radius 2 is 1.34 bits per heavy atom. The molecule has 29 heavy (non-hydrogen) atoms. The van der Waals surface area contributed by atoms with Crippen molar-refractivity contribution in [2.45, 2.75) is 123 Å². The number of unbranched alkanes of at least 4 members (excludes halogenated alkanes) is 11. The summed E-state index contributed by atoms with van der Waals surface area (Å²) >= 11 is 0. The van der Waals surface area contributed by atoms with Crippen LogP contribution in [0.15, 0.2) is 12.2 Å². The number of carboxylic acid groups (broad SMARTS) is 1. The SMILES string of the molecule is CCCCCCCC/C=C\CCCCCCCC(=O)NC(C(=O)O)C(C)CC.[H-].[Na+]. The summed E-state index contributed by atoms with van der Waals surface area (Å²) in [4.78, 5) is 23.2.